The van der Waals surface area contributed by atoms with Gasteiger partial charge in [-0.15, -0.1) is 0 Å². The lowest BCUT2D eigenvalue weighted by Gasteiger charge is -2.06. The Kier molecular flexibility index (Phi) is 6.05. The van der Waals surface area contributed by atoms with Crippen molar-refractivity contribution < 1.29 is 14.5 Å². The normalized spacial score (nSPS) is 10.3. The first kappa shape index (κ1) is 15.7. The van der Waals surface area contributed by atoms with E-state index in [4.69, 9.17) is 27.9 Å². The molecule has 0 N–H and O–H groups in total. The van der Waals surface area contributed by atoms with Gasteiger partial charge in [-0.2, -0.15) is 0 Å². The minimum atomic E-state index is -0.692. The summed E-state index contributed by atoms with van der Waals surface area (Å²) in [5.74, 6) is -0.641. The van der Waals surface area contributed by atoms with Crippen LogP contribution >= 0.6 is 23.2 Å². The van der Waals surface area contributed by atoms with Crippen molar-refractivity contribution in [2.24, 2.45) is 0 Å². The first-order valence-corrected chi connectivity index (χ1v) is 6.53. The lowest BCUT2D eigenvalue weighted by atomic mass is 10.2. The number of carbonyl (C=O) groups excluding carboxylic acids is 1. The molecular weight excluding hydrogens is 293 g/mol. The Hall–Kier alpha value is -1.33. The minimum Gasteiger partial charge on any atom is -0.462 e. The molecule has 0 amide bonds. The van der Waals surface area contributed by atoms with Crippen LogP contribution in [-0.2, 0) is 4.74 Å². The number of unbranched alkanes of at least 4 members (excludes halogenated alkanes) is 2. The number of rotatable bonds is 6. The van der Waals surface area contributed by atoms with Gasteiger partial charge in [-0.25, -0.2) is 4.79 Å². The number of benzene rings is 1. The topological polar surface area (TPSA) is 69.4 Å². The van der Waals surface area contributed by atoms with Gasteiger partial charge in [0.25, 0.3) is 5.69 Å². The highest BCUT2D eigenvalue weighted by molar-refractivity contribution is 6.43. The van der Waals surface area contributed by atoms with Crippen LogP contribution < -0.4 is 0 Å². The number of hydrogen-bond donors (Lipinski definition) is 0. The largest absolute Gasteiger partial charge is 0.462 e. The molecule has 0 aliphatic heterocycles. The first-order chi connectivity index (χ1) is 8.97. The summed E-state index contributed by atoms with van der Waals surface area (Å²) in [6.45, 7) is 2.31. The van der Waals surface area contributed by atoms with Crippen molar-refractivity contribution in [3.8, 4) is 0 Å². The molecule has 0 saturated carbocycles. The fourth-order valence-electron chi connectivity index (χ4n) is 1.43. The molecule has 0 aliphatic rings. The van der Waals surface area contributed by atoms with Crippen LogP contribution in [0.1, 0.15) is 36.5 Å². The summed E-state index contributed by atoms with van der Waals surface area (Å²) in [7, 11) is 0. The summed E-state index contributed by atoms with van der Waals surface area (Å²) in [5.41, 5.74) is -0.382. The van der Waals surface area contributed by atoms with Gasteiger partial charge in [-0.1, -0.05) is 43.0 Å². The predicted octanol–water partition coefficient (Wildman–Crippen LogP) is 4.25. The molecule has 1 aromatic carbocycles. The molecule has 0 heterocycles. The predicted molar refractivity (Wildman–Crippen MR) is 72.9 cm³/mol. The van der Waals surface area contributed by atoms with Gasteiger partial charge in [-0.3, -0.25) is 10.1 Å². The van der Waals surface area contributed by atoms with E-state index in [9.17, 15) is 14.9 Å². The molecule has 0 aliphatic carbocycles. The van der Waals surface area contributed by atoms with Crippen molar-refractivity contribution in [2.75, 3.05) is 6.61 Å². The van der Waals surface area contributed by atoms with E-state index < -0.39 is 16.6 Å². The number of ether oxygens (including phenoxy) is 1. The Balaban J connectivity index is 2.83. The molecule has 0 radical (unpaired) electrons. The highest BCUT2D eigenvalue weighted by atomic mass is 35.5. The van der Waals surface area contributed by atoms with Crippen LogP contribution in [0.3, 0.4) is 0 Å². The maximum Gasteiger partial charge on any atom is 0.338 e. The molecule has 5 nitrogen and oxygen atoms in total. The number of carbonyl (C=O) groups is 1. The maximum atomic E-state index is 11.7. The van der Waals surface area contributed by atoms with Gasteiger partial charge >= 0.3 is 5.97 Å². The molecule has 7 heteroatoms. The zero-order chi connectivity index (χ0) is 14.4. The van der Waals surface area contributed by atoms with Crippen molar-refractivity contribution in [1.82, 2.24) is 0 Å². The van der Waals surface area contributed by atoms with Gasteiger partial charge in [0.05, 0.1) is 22.1 Å². The van der Waals surface area contributed by atoms with Crippen molar-refractivity contribution in [3.05, 3.63) is 37.9 Å². The smallest absolute Gasteiger partial charge is 0.338 e. The van der Waals surface area contributed by atoms with Crippen LogP contribution in [0.5, 0.6) is 0 Å². The van der Waals surface area contributed by atoms with Crippen LogP contribution in [-0.4, -0.2) is 17.5 Å². The Morgan fingerprint density at radius 3 is 2.63 bits per heavy atom. The number of nitro groups is 1. The Morgan fingerprint density at radius 1 is 1.37 bits per heavy atom. The quantitative estimate of drug-likeness (QED) is 0.341. The van der Waals surface area contributed by atoms with Crippen molar-refractivity contribution in [2.45, 2.75) is 26.2 Å². The summed E-state index contributed by atoms with van der Waals surface area (Å²) in [5, 5.41) is 10.5. The number of halogens is 2. The van der Waals surface area contributed by atoms with E-state index in [2.05, 4.69) is 0 Å². The Labute approximate surface area is 120 Å². The van der Waals surface area contributed by atoms with Gasteiger partial charge in [0.15, 0.2) is 0 Å². The van der Waals surface area contributed by atoms with Gasteiger partial charge in [-0.05, 0) is 12.5 Å². The number of hydrogen-bond acceptors (Lipinski definition) is 4. The molecule has 1 aromatic rings. The standard InChI is InChI=1S/C12H13Cl2NO4/c1-2-3-4-5-19-12(16)8-6-9(13)11(14)10(7-8)15(17)18/h6-7H,2-5H2,1H3. The lowest BCUT2D eigenvalue weighted by Crippen LogP contribution is -2.07. The third-order valence-corrected chi connectivity index (χ3v) is 3.21. The molecule has 0 aromatic heterocycles. The van der Waals surface area contributed by atoms with E-state index >= 15 is 0 Å². The van der Waals surface area contributed by atoms with E-state index in [1.165, 1.54) is 6.07 Å². The van der Waals surface area contributed by atoms with E-state index in [0.29, 0.717) is 0 Å². The summed E-state index contributed by atoms with van der Waals surface area (Å²) in [4.78, 5) is 21.8. The second kappa shape index (κ2) is 7.31. The number of nitro benzene ring substituents is 1. The highest BCUT2D eigenvalue weighted by Gasteiger charge is 2.20. The summed E-state index contributed by atoms with van der Waals surface area (Å²) >= 11 is 11.4. The SMILES string of the molecule is CCCCCOC(=O)c1cc(Cl)c(Cl)c([N+](=O)[O-])c1. The second-order valence-electron chi connectivity index (χ2n) is 3.89. The van der Waals surface area contributed by atoms with Crippen LogP contribution in [0.2, 0.25) is 10.0 Å². The average molecular weight is 306 g/mol. The summed E-state index contributed by atoms with van der Waals surface area (Å²) < 4.78 is 5.00. The second-order valence-corrected chi connectivity index (χ2v) is 4.68. The highest BCUT2D eigenvalue weighted by Crippen LogP contribution is 2.33. The van der Waals surface area contributed by atoms with E-state index in [1.807, 2.05) is 6.92 Å². The fraction of sp³-hybridized carbons (Fsp3) is 0.417. The van der Waals surface area contributed by atoms with Crippen molar-refractivity contribution in [3.63, 3.8) is 0 Å². The zero-order valence-corrected chi connectivity index (χ0v) is 11.8. The number of nitrogens with zero attached hydrogens (tertiary/aromatic N) is 1. The molecule has 104 valence electrons. The van der Waals surface area contributed by atoms with Crippen LogP contribution in [0.25, 0.3) is 0 Å². The van der Waals surface area contributed by atoms with Gasteiger partial charge < -0.3 is 4.74 Å². The third-order valence-electron chi connectivity index (χ3n) is 2.42. The Morgan fingerprint density at radius 2 is 2.05 bits per heavy atom. The van der Waals surface area contributed by atoms with Gasteiger partial charge in [0.1, 0.15) is 5.02 Å². The first-order valence-electron chi connectivity index (χ1n) is 5.78. The molecule has 0 spiro atoms. The van der Waals surface area contributed by atoms with Gasteiger partial charge in [0, 0.05) is 6.07 Å². The molecule has 0 unspecified atom stereocenters. The monoisotopic (exact) mass is 305 g/mol. The third kappa shape index (κ3) is 4.36. The van der Waals surface area contributed by atoms with E-state index in [1.54, 1.807) is 0 Å². The van der Waals surface area contributed by atoms with E-state index in [-0.39, 0.29) is 22.2 Å². The van der Waals surface area contributed by atoms with Crippen LogP contribution in [0, 0.1) is 10.1 Å². The molecule has 0 saturated heterocycles. The maximum absolute atomic E-state index is 11.7. The van der Waals surface area contributed by atoms with Gasteiger partial charge in [0.2, 0.25) is 0 Å². The molecule has 0 bridgehead atoms. The van der Waals surface area contributed by atoms with Crippen LogP contribution in [0.15, 0.2) is 12.1 Å². The Bertz CT molecular complexity index is 491. The molecule has 19 heavy (non-hydrogen) atoms. The minimum absolute atomic E-state index is 0.0256. The van der Waals surface area contributed by atoms with Crippen molar-refractivity contribution >= 4 is 34.9 Å². The van der Waals surface area contributed by atoms with Crippen molar-refractivity contribution in [1.29, 1.82) is 0 Å². The number of esters is 1. The molecular formula is C12H13Cl2NO4. The fourth-order valence-corrected chi connectivity index (χ4v) is 1.82. The molecule has 0 atom stereocenters. The molecule has 1 rings (SSSR count). The lowest BCUT2D eigenvalue weighted by molar-refractivity contribution is -0.384. The average Bonchev–Trinajstić information content (AvgIpc) is 2.37. The van der Waals surface area contributed by atoms with Crippen LogP contribution in [0.4, 0.5) is 5.69 Å². The summed E-state index contributed by atoms with van der Waals surface area (Å²) in [6.07, 6.45) is 2.72. The molecule has 0 fully saturated rings. The zero-order valence-electron chi connectivity index (χ0n) is 10.3. The summed E-state index contributed by atoms with van der Waals surface area (Å²) in [6, 6.07) is 2.33. The van der Waals surface area contributed by atoms with E-state index in [0.717, 1.165) is 25.3 Å².